The lowest BCUT2D eigenvalue weighted by molar-refractivity contribution is -0.122. The molecule has 3 rings (SSSR count). The third-order valence-electron chi connectivity index (χ3n) is 6.48. The molecule has 2 aromatic carbocycles. The summed E-state index contributed by atoms with van der Waals surface area (Å²) in [6, 6.07) is 13.6. The molecule has 1 heterocycles. The van der Waals surface area contributed by atoms with E-state index in [1.54, 1.807) is 27.0 Å². The number of alkyl halides is 1. The largest absolute Gasteiger partial charge is 0.495 e. The van der Waals surface area contributed by atoms with Crippen LogP contribution >= 0.6 is 11.6 Å². The number of hydrogen-bond donors (Lipinski definition) is 2. The van der Waals surface area contributed by atoms with Gasteiger partial charge in [-0.3, -0.25) is 9.59 Å². The number of piperazine rings is 1. The molecule has 2 N–H and O–H groups in total. The molecule has 1 unspecified atom stereocenters. The van der Waals surface area contributed by atoms with Crippen LogP contribution in [0.1, 0.15) is 44.5 Å². The predicted molar refractivity (Wildman–Crippen MR) is 144 cm³/mol. The van der Waals surface area contributed by atoms with Crippen molar-refractivity contribution in [1.29, 1.82) is 0 Å². The van der Waals surface area contributed by atoms with Gasteiger partial charge in [-0.1, -0.05) is 19.1 Å². The van der Waals surface area contributed by atoms with Crippen molar-refractivity contribution in [1.82, 2.24) is 5.32 Å². The zero-order chi connectivity index (χ0) is 25.6. The molecule has 1 fully saturated rings. The molecule has 35 heavy (non-hydrogen) atoms. The molecule has 7 nitrogen and oxygen atoms in total. The number of benzene rings is 2. The van der Waals surface area contributed by atoms with Gasteiger partial charge in [0.05, 0.1) is 23.8 Å². The molecule has 0 aromatic heterocycles. The van der Waals surface area contributed by atoms with Crippen LogP contribution in [0.5, 0.6) is 5.75 Å². The second-order valence-corrected chi connectivity index (χ2v) is 9.90. The molecule has 8 heteroatoms. The minimum atomic E-state index is -0.714. The van der Waals surface area contributed by atoms with Gasteiger partial charge in [-0.2, -0.15) is 0 Å². The molecular weight excluding hydrogens is 464 g/mol. The van der Waals surface area contributed by atoms with Crippen LogP contribution in [0.4, 0.5) is 17.1 Å². The van der Waals surface area contributed by atoms with E-state index in [-0.39, 0.29) is 23.7 Å². The van der Waals surface area contributed by atoms with Crippen molar-refractivity contribution < 1.29 is 14.3 Å². The molecule has 190 valence electrons. The van der Waals surface area contributed by atoms with Gasteiger partial charge in [0.15, 0.2) is 0 Å². The summed E-state index contributed by atoms with van der Waals surface area (Å²) < 4.78 is 5.53. The van der Waals surface area contributed by atoms with Crippen molar-refractivity contribution >= 4 is 40.5 Å². The van der Waals surface area contributed by atoms with Crippen LogP contribution in [0.3, 0.4) is 0 Å². The Morgan fingerprint density at radius 1 is 1.06 bits per heavy atom. The monoisotopic (exact) mass is 500 g/mol. The Morgan fingerprint density at radius 3 is 2.29 bits per heavy atom. The van der Waals surface area contributed by atoms with Gasteiger partial charge >= 0.3 is 0 Å². The number of hydrogen-bond acceptors (Lipinski definition) is 5. The second-order valence-electron chi connectivity index (χ2n) is 9.63. The van der Waals surface area contributed by atoms with Gasteiger partial charge in [-0.25, -0.2) is 0 Å². The minimum Gasteiger partial charge on any atom is -0.495 e. The number of para-hydroxylation sites is 2. The van der Waals surface area contributed by atoms with Crippen LogP contribution in [0.2, 0.25) is 0 Å². The average molecular weight is 501 g/mol. The topological polar surface area (TPSA) is 73.9 Å². The highest BCUT2D eigenvalue weighted by molar-refractivity contribution is 6.20. The van der Waals surface area contributed by atoms with Crippen molar-refractivity contribution in [2.24, 2.45) is 5.41 Å². The summed E-state index contributed by atoms with van der Waals surface area (Å²) in [5, 5.41) is 5.99. The number of carbonyl (C=O) groups is 2. The maximum atomic E-state index is 13.2. The molecule has 1 saturated heterocycles. The fourth-order valence-corrected chi connectivity index (χ4v) is 4.04. The number of rotatable bonds is 9. The lowest BCUT2D eigenvalue weighted by Crippen LogP contribution is -2.47. The fourth-order valence-electron chi connectivity index (χ4n) is 3.92. The smallest absolute Gasteiger partial charge is 0.253 e. The van der Waals surface area contributed by atoms with E-state index in [1.807, 2.05) is 44.2 Å². The Kier molecular flexibility index (Phi) is 8.89. The first-order valence-corrected chi connectivity index (χ1v) is 12.7. The molecule has 0 aliphatic carbocycles. The number of nitrogens with zero attached hydrogens (tertiary/aromatic N) is 2. The first kappa shape index (κ1) is 26.7. The van der Waals surface area contributed by atoms with Crippen molar-refractivity contribution in [3.8, 4) is 5.75 Å². The van der Waals surface area contributed by atoms with Crippen molar-refractivity contribution in [2.45, 2.75) is 40.2 Å². The summed E-state index contributed by atoms with van der Waals surface area (Å²) in [7, 11) is 1.69. The highest BCUT2D eigenvalue weighted by Gasteiger charge is 2.28. The average Bonchev–Trinajstić information content (AvgIpc) is 2.88. The van der Waals surface area contributed by atoms with Crippen LogP contribution in [0, 0.1) is 5.41 Å². The third-order valence-corrected chi connectivity index (χ3v) is 7.15. The Labute approximate surface area is 213 Å². The van der Waals surface area contributed by atoms with Gasteiger partial charge in [0.1, 0.15) is 5.75 Å². The van der Waals surface area contributed by atoms with E-state index < -0.39 is 5.41 Å². The summed E-state index contributed by atoms with van der Waals surface area (Å²) in [5.41, 5.74) is 2.36. The molecule has 0 radical (unpaired) electrons. The molecule has 2 amide bonds. The zero-order valence-corrected chi connectivity index (χ0v) is 22.1. The van der Waals surface area contributed by atoms with Crippen molar-refractivity contribution in [3.63, 3.8) is 0 Å². The number of nitrogens with one attached hydrogen (secondary N) is 2. The predicted octanol–water partition coefficient (Wildman–Crippen LogP) is 4.75. The molecule has 0 spiro atoms. The van der Waals surface area contributed by atoms with E-state index in [1.165, 1.54) is 0 Å². The fraction of sp³-hybridized carbons (Fsp3) is 0.481. The van der Waals surface area contributed by atoms with Gasteiger partial charge in [0, 0.05) is 49.5 Å². The molecule has 2 aromatic rings. The van der Waals surface area contributed by atoms with Crippen molar-refractivity contribution in [3.05, 3.63) is 48.0 Å². The highest BCUT2D eigenvalue weighted by atomic mass is 35.5. The van der Waals surface area contributed by atoms with Gasteiger partial charge in [-0.05, 0) is 57.5 Å². The Bertz CT molecular complexity index is 1030. The number of anilines is 3. The molecule has 1 atom stereocenters. The van der Waals surface area contributed by atoms with E-state index in [0.29, 0.717) is 11.3 Å². The Hall–Kier alpha value is -2.93. The molecule has 0 bridgehead atoms. The normalized spacial score (nSPS) is 14.9. The minimum absolute atomic E-state index is 0.0474. The maximum absolute atomic E-state index is 13.2. The summed E-state index contributed by atoms with van der Waals surface area (Å²) in [5.74, 6) is 0.733. The summed E-state index contributed by atoms with van der Waals surface area (Å²) >= 11 is 5.97. The Balaban J connectivity index is 1.84. The van der Waals surface area contributed by atoms with E-state index in [2.05, 4.69) is 26.5 Å². The Morgan fingerprint density at radius 2 is 1.69 bits per heavy atom. The van der Waals surface area contributed by atoms with Gasteiger partial charge in [0.25, 0.3) is 5.91 Å². The first-order chi connectivity index (χ1) is 16.7. The zero-order valence-electron chi connectivity index (χ0n) is 21.4. The maximum Gasteiger partial charge on any atom is 0.253 e. The number of methoxy groups -OCH3 is 1. The van der Waals surface area contributed by atoms with Crippen LogP contribution in [-0.2, 0) is 4.79 Å². The lowest BCUT2D eigenvalue weighted by Gasteiger charge is -2.38. The highest BCUT2D eigenvalue weighted by Crippen LogP contribution is 2.31. The molecular formula is C27H37ClN4O3. The lowest BCUT2D eigenvalue weighted by atomic mass is 9.95. The molecule has 1 aliphatic heterocycles. The summed E-state index contributed by atoms with van der Waals surface area (Å²) in [4.78, 5) is 30.4. The van der Waals surface area contributed by atoms with E-state index in [0.717, 1.165) is 49.7 Å². The van der Waals surface area contributed by atoms with Gasteiger partial charge in [0.2, 0.25) is 5.91 Å². The van der Waals surface area contributed by atoms with E-state index >= 15 is 0 Å². The summed E-state index contributed by atoms with van der Waals surface area (Å²) in [6.07, 6.45) is 0.832. The number of ether oxygens (including phenoxy) is 1. The standard InChI is InChI=1S/C27H37ClN4O3/c1-6-19(2)29-25(33)21-17-20(30-26(34)27(3,4)18-28)11-12-22(21)31-13-15-32(16-14-31)23-9-7-8-10-24(23)35-5/h7-12,17,19H,6,13-16,18H2,1-5H3,(H,29,33)(H,30,34). The summed E-state index contributed by atoms with van der Waals surface area (Å²) in [6.45, 7) is 10.7. The third kappa shape index (κ3) is 6.40. The van der Waals surface area contributed by atoms with Gasteiger partial charge in [-0.15, -0.1) is 11.6 Å². The number of halogens is 1. The SMILES string of the molecule is CCC(C)NC(=O)c1cc(NC(=O)C(C)(C)CCl)ccc1N1CCN(c2ccccc2OC)CC1. The first-order valence-electron chi connectivity index (χ1n) is 12.2. The van der Waals surface area contributed by atoms with Gasteiger partial charge < -0.3 is 25.2 Å². The number of carbonyl (C=O) groups excluding carboxylic acids is 2. The molecule has 1 aliphatic rings. The van der Waals surface area contributed by atoms with Crippen LogP contribution in [0.15, 0.2) is 42.5 Å². The van der Waals surface area contributed by atoms with E-state index in [9.17, 15) is 9.59 Å². The number of amides is 2. The van der Waals surface area contributed by atoms with Crippen molar-refractivity contribution in [2.75, 3.05) is 54.3 Å². The van der Waals surface area contributed by atoms with Crippen LogP contribution in [0.25, 0.3) is 0 Å². The van der Waals surface area contributed by atoms with Crippen LogP contribution in [-0.4, -0.2) is 57.0 Å². The quantitative estimate of drug-likeness (QED) is 0.486. The molecule has 0 saturated carbocycles. The van der Waals surface area contributed by atoms with Crippen LogP contribution < -0.4 is 25.2 Å². The van der Waals surface area contributed by atoms with E-state index in [4.69, 9.17) is 16.3 Å². The second kappa shape index (κ2) is 11.7.